The number of fused-ring (bicyclic) bond motifs is 1. The van der Waals surface area contributed by atoms with Gasteiger partial charge in [-0.25, -0.2) is 13.2 Å². The van der Waals surface area contributed by atoms with E-state index in [1.165, 1.54) is 27.8 Å². The van der Waals surface area contributed by atoms with E-state index in [1.807, 2.05) is 12.1 Å². The molecule has 6 nitrogen and oxygen atoms in total. The lowest BCUT2D eigenvalue weighted by atomic mass is 10.2. The maximum Gasteiger partial charge on any atom is 0.419 e. The lowest BCUT2D eigenvalue weighted by Crippen LogP contribution is -2.12. The second-order valence-corrected chi connectivity index (χ2v) is 9.86. The number of nitrogens with zero attached hydrogens (tertiary/aromatic N) is 1. The molecular formula is C22H20N2O4S2. The zero-order valence-electron chi connectivity index (χ0n) is 16.7. The van der Waals surface area contributed by atoms with Crippen molar-refractivity contribution >= 4 is 38.6 Å². The van der Waals surface area contributed by atoms with Crippen molar-refractivity contribution in [3.63, 3.8) is 0 Å². The van der Waals surface area contributed by atoms with Gasteiger partial charge in [-0.2, -0.15) is 0 Å². The van der Waals surface area contributed by atoms with Gasteiger partial charge in [-0.1, -0.05) is 29.5 Å². The Morgan fingerprint density at radius 2 is 1.70 bits per heavy atom. The molecule has 0 aliphatic carbocycles. The average Bonchev–Trinajstić information content (AvgIpc) is 2.98. The van der Waals surface area contributed by atoms with E-state index in [0.717, 1.165) is 9.79 Å². The molecule has 0 aliphatic rings. The van der Waals surface area contributed by atoms with E-state index >= 15 is 0 Å². The van der Waals surface area contributed by atoms with Gasteiger partial charge in [0.05, 0.1) is 10.4 Å². The summed E-state index contributed by atoms with van der Waals surface area (Å²) in [7, 11) is -2.25. The van der Waals surface area contributed by atoms with Gasteiger partial charge >= 0.3 is 5.76 Å². The third-order valence-electron chi connectivity index (χ3n) is 4.74. The van der Waals surface area contributed by atoms with Crippen molar-refractivity contribution in [2.45, 2.75) is 28.5 Å². The summed E-state index contributed by atoms with van der Waals surface area (Å²) in [6.07, 6.45) is 0. The largest absolute Gasteiger partial charge is 0.419 e. The molecule has 1 aromatic heterocycles. The minimum Gasteiger partial charge on any atom is -0.408 e. The molecule has 0 bridgehead atoms. The van der Waals surface area contributed by atoms with Crippen LogP contribution >= 0.6 is 11.8 Å². The summed E-state index contributed by atoms with van der Waals surface area (Å²) in [4.78, 5) is 13.8. The number of nitrogens with one attached hydrogen (secondary N) is 1. The first kappa shape index (κ1) is 20.3. The molecule has 0 radical (unpaired) electrons. The molecule has 0 fully saturated rings. The number of hydrogen-bond donors (Lipinski definition) is 1. The monoisotopic (exact) mass is 440 g/mol. The van der Waals surface area contributed by atoms with Crippen LogP contribution in [0.2, 0.25) is 0 Å². The van der Waals surface area contributed by atoms with Crippen LogP contribution in [0.1, 0.15) is 11.1 Å². The fraction of sp³-hybridized carbons (Fsp3) is 0.136. The van der Waals surface area contributed by atoms with Gasteiger partial charge in [0.1, 0.15) is 0 Å². The highest BCUT2D eigenvalue weighted by molar-refractivity contribution is 7.99. The van der Waals surface area contributed by atoms with Crippen LogP contribution in [0, 0.1) is 13.8 Å². The number of aromatic nitrogens is 1. The number of sulfonamides is 1. The molecule has 8 heteroatoms. The molecule has 154 valence electrons. The van der Waals surface area contributed by atoms with Gasteiger partial charge in [0.15, 0.2) is 5.58 Å². The summed E-state index contributed by atoms with van der Waals surface area (Å²) in [5, 5.41) is 0. The quantitative estimate of drug-likeness (QED) is 0.486. The van der Waals surface area contributed by atoms with Crippen LogP contribution in [0.3, 0.4) is 0 Å². The maximum atomic E-state index is 12.7. The molecule has 0 saturated heterocycles. The van der Waals surface area contributed by atoms with Crippen molar-refractivity contribution in [3.05, 3.63) is 82.3 Å². The van der Waals surface area contributed by atoms with Crippen molar-refractivity contribution in [1.82, 2.24) is 4.57 Å². The Kier molecular flexibility index (Phi) is 5.21. The Labute approximate surface area is 178 Å². The van der Waals surface area contributed by atoms with E-state index in [2.05, 4.69) is 36.8 Å². The summed E-state index contributed by atoms with van der Waals surface area (Å²) < 4.78 is 34.5. The van der Waals surface area contributed by atoms with Crippen LogP contribution in [0.25, 0.3) is 11.1 Å². The Balaban J connectivity index is 1.54. The van der Waals surface area contributed by atoms with Crippen molar-refractivity contribution in [3.8, 4) is 0 Å². The third kappa shape index (κ3) is 4.01. The van der Waals surface area contributed by atoms with Gasteiger partial charge in [0, 0.05) is 28.6 Å². The van der Waals surface area contributed by atoms with E-state index in [4.69, 9.17) is 4.42 Å². The molecule has 0 saturated carbocycles. The Hall–Kier alpha value is -2.97. The Morgan fingerprint density at radius 3 is 2.40 bits per heavy atom. The Morgan fingerprint density at radius 1 is 0.967 bits per heavy atom. The van der Waals surface area contributed by atoms with Crippen molar-refractivity contribution < 1.29 is 12.8 Å². The van der Waals surface area contributed by atoms with Crippen LogP contribution in [0.5, 0.6) is 0 Å². The molecule has 1 N–H and O–H groups in total. The van der Waals surface area contributed by atoms with E-state index in [0.29, 0.717) is 11.2 Å². The molecule has 3 aromatic carbocycles. The predicted octanol–water partition coefficient (Wildman–Crippen LogP) is 4.70. The van der Waals surface area contributed by atoms with E-state index in [1.54, 1.807) is 37.0 Å². The minimum absolute atomic E-state index is 0.0260. The summed E-state index contributed by atoms with van der Waals surface area (Å²) in [5.74, 6) is -0.538. The normalized spacial score (nSPS) is 11.7. The molecule has 0 spiro atoms. The van der Waals surface area contributed by atoms with Gasteiger partial charge in [-0.15, -0.1) is 0 Å². The fourth-order valence-electron chi connectivity index (χ4n) is 3.13. The maximum absolute atomic E-state index is 12.7. The first-order valence-electron chi connectivity index (χ1n) is 9.20. The molecule has 4 rings (SSSR count). The summed E-state index contributed by atoms with van der Waals surface area (Å²) in [6, 6.07) is 17.9. The van der Waals surface area contributed by atoms with Crippen molar-refractivity contribution in [1.29, 1.82) is 0 Å². The number of oxazole rings is 1. The third-order valence-corrected chi connectivity index (χ3v) is 7.30. The molecule has 0 aliphatic heterocycles. The first-order chi connectivity index (χ1) is 14.2. The van der Waals surface area contributed by atoms with Gasteiger partial charge < -0.3 is 4.42 Å². The Bertz CT molecular complexity index is 1400. The molecule has 0 atom stereocenters. The summed E-state index contributed by atoms with van der Waals surface area (Å²) >= 11 is 1.63. The minimum atomic E-state index is -3.82. The lowest BCUT2D eigenvalue weighted by Gasteiger charge is -2.10. The molecular weight excluding hydrogens is 420 g/mol. The van der Waals surface area contributed by atoms with E-state index in [-0.39, 0.29) is 10.5 Å². The number of benzene rings is 3. The second kappa shape index (κ2) is 7.70. The smallest absolute Gasteiger partial charge is 0.408 e. The second-order valence-electron chi connectivity index (χ2n) is 7.06. The van der Waals surface area contributed by atoms with E-state index < -0.39 is 15.8 Å². The van der Waals surface area contributed by atoms with Gasteiger partial charge in [-0.05, 0) is 61.9 Å². The van der Waals surface area contributed by atoms with Crippen LogP contribution < -0.4 is 10.5 Å². The predicted molar refractivity (Wildman–Crippen MR) is 119 cm³/mol. The van der Waals surface area contributed by atoms with Gasteiger partial charge in [0.2, 0.25) is 0 Å². The fourth-order valence-corrected chi connectivity index (χ4v) is 5.08. The van der Waals surface area contributed by atoms with Crippen LogP contribution in [0.4, 0.5) is 5.69 Å². The van der Waals surface area contributed by atoms with Crippen molar-refractivity contribution in [2.75, 3.05) is 4.72 Å². The molecule has 4 aromatic rings. The zero-order chi connectivity index (χ0) is 21.5. The molecule has 0 amide bonds. The SMILES string of the molecule is Cc1ccc(Sc2ccc(NS(=O)(=O)c3ccc4c(c3)oc(=O)n4C)cc2)c(C)c1. The highest BCUT2D eigenvalue weighted by Crippen LogP contribution is 2.31. The zero-order valence-corrected chi connectivity index (χ0v) is 18.3. The summed E-state index contributed by atoms with van der Waals surface area (Å²) in [6.45, 7) is 4.13. The molecule has 0 unspecified atom stereocenters. The highest BCUT2D eigenvalue weighted by atomic mass is 32.2. The van der Waals surface area contributed by atoms with Gasteiger partial charge in [0.25, 0.3) is 10.0 Å². The molecule has 1 heterocycles. The topological polar surface area (TPSA) is 81.3 Å². The number of rotatable bonds is 5. The van der Waals surface area contributed by atoms with Gasteiger partial charge in [-0.3, -0.25) is 9.29 Å². The first-order valence-corrected chi connectivity index (χ1v) is 11.5. The highest BCUT2D eigenvalue weighted by Gasteiger charge is 2.17. The standard InChI is InChI=1S/C22H20N2O4S2/c1-14-4-11-21(15(2)12-14)29-17-7-5-16(6-8-17)23-30(26,27)18-9-10-19-20(13-18)28-22(25)24(19)3/h4-13,23H,1-3H3. The molecule has 30 heavy (non-hydrogen) atoms. The number of anilines is 1. The summed E-state index contributed by atoms with van der Waals surface area (Å²) in [5.41, 5.74) is 3.63. The lowest BCUT2D eigenvalue weighted by molar-refractivity contribution is 0.527. The average molecular weight is 441 g/mol. The van der Waals surface area contributed by atoms with E-state index in [9.17, 15) is 13.2 Å². The number of aryl methyl sites for hydroxylation is 3. The van der Waals surface area contributed by atoms with Crippen LogP contribution in [-0.2, 0) is 17.1 Å². The number of hydrogen-bond acceptors (Lipinski definition) is 5. The van der Waals surface area contributed by atoms with Crippen LogP contribution in [-0.4, -0.2) is 13.0 Å². The van der Waals surface area contributed by atoms with Crippen molar-refractivity contribution in [2.24, 2.45) is 7.05 Å². The van der Waals surface area contributed by atoms with Crippen LogP contribution in [0.15, 0.2) is 84.6 Å².